The van der Waals surface area contributed by atoms with E-state index in [2.05, 4.69) is 37.3 Å². The second-order valence-electron chi connectivity index (χ2n) is 4.31. The van der Waals surface area contributed by atoms with Gasteiger partial charge in [-0.3, -0.25) is 0 Å². The minimum atomic E-state index is -0.182. The van der Waals surface area contributed by atoms with E-state index >= 15 is 0 Å². The number of rotatable bonds is 1. The van der Waals surface area contributed by atoms with E-state index in [0.29, 0.717) is 0 Å². The normalized spacial score (nSPS) is 26.9. The van der Waals surface area contributed by atoms with Crippen molar-refractivity contribution in [2.75, 3.05) is 0 Å². The molecule has 1 heteroatoms. The molecule has 0 aliphatic heterocycles. The average Bonchev–Trinajstić information content (AvgIpc) is 2.44. The fraction of sp³-hybridized carbons (Fsp3) is 0.429. The van der Waals surface area contributed by atoms with Crippen molar-refractivity contribution < 1.29 is 5.11 Å². The molecular formula is C14H18O. The summed E-state index contributed by atoms with van der Waals surface area (Å²) in [6.45, 7) is 2.12. The van der Waals surface area contributed by atoms with E-state index in [0.717, 1.165) is 19.3 Å². The van der Waals surface area contributed by atoms with Crippen molar-refractivity contribution in [1.82, 2.24) is 0 Å². The minimum Gasteiger partial charge on any atom is -0.393 e. The molecule has 0 aromatic heterocycles. The number of allylic oxidation sites excluding steroid dienone is 1. The maximum absolute atomic E-state index is 9.95. The molecule has 1 aromatic rings. The summed E-state index contributed by atoms with van der Waals surface area (Å²) >= 11 is 0. The molecule has 1 aromatic carbocycles. The monoisotopic (exact) mass is 202 g/mol. The summed E-state index contributed by atoms with van der Waals surface area (Å²) in [6.07, 6.45) is 5.22. The first kappa shape index (κ1) is 10.4. The summed E-state index contributed by atoms with van der Waals surface area (Å²) in [5, 5.41) is 9.95. The number of hydrogen-bond donors (Lipinski definition) is 1. The summed E-state index contributed by atoms with van der Waals surface area (Å²) in [5.41, 5.74) is 2.56. The fourth-order valence-corrected chi connectivity index (χ4v) is 2.24. The SMILES string of the molecule is C[C@@H]1C(c2ccccc2)=CCCC[C@@H]1O. The summed E-state index contributed by atoms with van der Waals surface area (Å²) in [6, 6.07) is 10.4. The van der Waals surface area contributed by atoms with Crippen LogP contribution in [0.2, 0.25) is 0 Å². The molecule has 2 rings (SSSR count). The predicted octanol–water partition coefficient (Wildman–Crippen LogP) is 3.25. The number of aliphatic hydroxyl groups is 1. The second kappa shape index (κ2) is 4.63. The smallest absolute Gasteiger partial charge is 0.0606 e. The molecule has 0 saturated carbocycles. The molecule has 80 valence electrons. The van der Waals surface area contributed by atoms with Crippen LogP contribution in [0.5, 0.6) is 0 Å². The highest BCUT2D eigenvalue weighted by molar-refractivity contribution is 5.67. The van der Waals surface area contributed by atoms with Crippen LogP contribution in [0.3, 0.4) is 0 Å². The highest BCUT2D eigenvalue weighted by Crippen LogP contribution is 2.31. The Balaban J connectivity index is 2.30. The summed E-state index contributed by atoms with van der Waals surface area (Å²) < 4.78 is 0. The molecule has 0 unspecified atom stereocenters. The zero-order valence-corrected chi connectivity index (χ0v) is 9.19. The van der Waals surface area contributed by atoms with Crippen LogP contribution in [0, 0.1) is 5.92 Å². The Labute approximate surface area is 91.4 Å². The van der Waals surface area contributed by atoms with Gasteiger partial charge in [0.05, 0.1) is 6.10 Å². The van der Waals surface area contributed by atoms with Gasteiger partial charge in [0.2, 0.25) is 0 Å². The van der Waals surface area contributed by atoms with E-state index in [1.165, 1.54) is 11.1 Å². The van der Waals surface area contributed by atoms with Crippen molar-refractivity contribution in [2.24, 2.45) is 5.92 Å². The second-order valence-corrected chi connectivity index (χ2v) is 4.31. The van der Waals surface area contributed by atoms with Crippen LogP contribution >= 0.6 is 0 Å². The third-order valence-electron chi connectivity index (χ3n) is 3.24. The Kier molecular flexibility index (Phi) is 3.22. The summed E-state index contributed by atoms with van der Waals surface area (Å²) in [4.78, 5) is 0. The Morgan fingerprint density at radius 1 is 1.20 bits per heavy atom. The van der Waals surface area contributed by atoms with Crippen LogP contribution in [-0.4, -0.2) is 11.2 Å². The lowest BCUT2D eigenvalue weighted by atomic mass is 9.90. The van der Waals surface area contributed by atoms with Crippen LogP contribution in [0.1, 0.15) is 31.7 Å². The lowest BCUT2D eigenvalue weighted by Gasteiger charge is -2.19. The van der Waals surface area contributed by atoms with Crippen molar-refractivity contribution in [1.29, 1.82) is 0 Å². The van der Waals surface area contributed by atoms with Crippen molar-refractivity contribution in [3.63, 3.8) is 0 Å². The molecule has 15 heavy (non-hydrogen) atoms. The van der Waals surface area contributed by atoms with Crippen LogP contribution in [-0.2, 0) is 0 Å². The molecule has 0 heterocycles. The van der Waals surface area contributed by atoms with Gasteiger partial charge in [0, 0.05) is 5.92 Å². The first-order chi connectivity index (χ1) is 7.29. The summed E-state index contributed by atoms with van der Waals surface area (Å²) in [7, 11) is 0. The van der Waals surface area contributed by atoms with Gasteiger partial charge in [0.1, 0.15) is 0 Å². The van der Waals surface area contributed by atoms with E-state index in [1.807, 2.05) is 6.07 Å². The van der Waals surface area contributed by atoms with Gasteiger partial charge in [0.25, 0.3) is 0 Å². The molecular weight excluding hydrogens is 184 g/mol. The van der Waals surface area contributed by atoms with Crippen molar-refractivity contribution in [2.45, 2.75) is 32.3 Å². The standard InChI is InChI=1S/C14H18O/c1-11-13(9-5-6-10-14(11)15)12-7-3-2-4-8-12/h2-4,7-9,11,14-15H,5-6,10H2,1H3/t11-,14+/m1/s1. The lowest BCUT2D eigenvalue weighted by Crippen LogP contribution is -2.17. The van der Waals surface area contributed by atoms with Gasteiger partial charge in [-0.1, -0.05) is 43.3 Å². The molecule has 0 bridgehead atoms. The maximum Gasteiger partial charge on any atom is 0.0606 e. The van der Waals surface area contributed by atoms with Gasteiger partial charge in [-0.15, -0.1) is 0 Å². The third kappa shape index (κ3) is 2.29. The Morgan fingerprint density at radius 2 is 1.93 bits per heavy atom. The maximum atomic E-state index is 9.95. The summed E-state index contributed by atoms with van der Waals surface area (Å²) in [5.74, 6) is 0.259. The van der Waals surface area contributed by atoms with Gasteiger partial charge in [0.15, 0.2) is 0 Å². The minimum absolute atomic E-state index is 0.182. The van der Waals surface area contributed by atoms with Crippen molar-refractivity contribution in [3.8, 4) is 0 Å². The van der Waals surface area contributed by atoms with Gasteiger partial charge >= 0.3 is 0 Å². The predicted molar refractivity (Wildman–Crippen MR) is 63.4 cm³/mol. The molecule has 1 N–H and O–H groups in total. The highest BCUT2D eigenvalue weighted by Gasteiger charge is 2.21. The Bertz CT molecular complexity index is 340. The molecule has 0 fully saturated rings. The number of aliphatic hydroxyl groups excluding tert-OH is 1. The lowest BCUT2D eigenvalue weighted by molar-refractivity contribution is 0.132. The quantitative estimate of drug-likeness (QED) is 0.741. The zero-order valence-electron chi connectivity index (χ0n) is 9.19. The Hall–Kier alpha value is -1.08. The van der Waals surface area contributed by atoms with Gasteiger partial charge < -0.3 is 5.11 Å². The molecule has 1 aliphatic rings. The largest absolute Gasteiger partial charge is 0.393 e. The van der Waals surface area contributed by atoms with E-state index in [9.17, 15) is 5.11 Å². The van der Waals surface area contributed by atoms with Crippen LogP contribution in [0.4, 0.5) is 0 Å². The molecule has 0 radical (unpaired) electrons. The average molecular weight is 202 g/mol. The number of hydrogen-bond acceptors (Lipinski definition) is 1. The highest BCUT2D eigenvalue weighted by atomic mass is 16.3. The first-order valence-electron chi connectivity index (χ1n) is 5.72. The van der Waals surface area contributed by atoms with E-state index in [-0.39, 0.29) is 12.0 Å². The Morgan fingerprint density at radius 3 is 2.67 bits per heavy atom. The van der Waals surface area contributed by atoms with Gasteiger partial charge in [-0.05, 0) is 30.4 Å². The van der Waals surface area contributed by atoms with Crippen molar-refractivity contribution in [3.05, 3.63) is 42.0 Å². The topological polar surface area (TPSA) is 20.2 Å². The van der Waals surface area contributed by atoms with Crippen molar-refractivity contribution >= 4 is 5.57 Å². The van der Waals surface area contributed by atoms with Crippen LogP contribution in [0.15, 0.2) is 36.4 Å². The molecule has 0 amide bonds. The molecule has 1 nitrogen and oxygen atoms in total. The first-order valence-corrected chi connectivity index (χ1v) is 5.72. The third-order valence-corrected chi connectivity index (χ3v) is 3.24. The zero-order chi connectivity index (χ0) is 10.7. The number of benzene rings is 1. The van der Waals surface area contributed by atoms with Gasteiger partial charge in [-0.25, -0.2) is 0 Å². The van der Waals surface area contributed by atoms with E-state index in [1.54, 1.807) is 0 Å². The molecule has 0 saturated heterocycles. The molecule has 1 aliphatic carbocycles. The van der Waals surface area contributed by atoms with Crippen LogP contribution < -0.4 is 0 Å². The molecule has 2 atom stereocenters. The van der Waals surface area contributed by atoms with Gasteiger partial charge in [-0.2, -0.15) is 0 Å². The van der Waals surface area contributed by atoms with E-state index < -0.39 is 0 Å². The van der Waals surface area contributed by atoms with Crippen LogP contribution in [0.25, 0.3) is 5.57 Å². The van der Waals surface area contributed by atoms with E-state index in [4.69, 9.17) is 0 Å². The fourth-order valence-electron chi connectivity index (χ4n) is 2.24. The molecule has 0 spiro atoms.